The fourth-order valence-corrected chi connectivity index (χ4v) is 3.42. The van der Waals surface area contributed by atoms with E-state index < -0.39 is 5.25 Å². The van der Waals surface area contributed by atoms with Gasteiger partial charge in [-0.15, -0.1) is 5.10 Å². The predicted molar refractivity (Wildman–Crippen MR) is 110 cm³/mol. The van der Waals surface area contributed by atoms with E-state index >= 15 is 0 Å². The summed E-state index contributed by atoms with van der Waals surface area (Å²) >= 11 is 1.21. The second-order valence-electron chi connectivity index (χ2n) is 5.81. The minimum absolute atomic E-state index is 0.00996. The van der Waals surface area contributed by atoms with Crippen LogP contribution in [0.4, 0.5) is 11.4 Å². The van der Waals surface area contributed by atoms with Gasteiger partial charge in [0, 0.05) is 12.5 Å². The van der Waals surface area contributed by atoms with E-state index in [-0.39, 0.29) is 18.2 Å². The van der Waals surface area contributed by atoms with Crippen molar-refractivity contribution in [1.29, 1.82) is 0 Å². The molecule has 1 aliphatic heterocycles. The number of carbonyl (C=O) groups excluding carboxylic acids is 2. The van der Waals surface area contributed by atoms with Gasteiger partial charge < -0.3 is 20.1 Å². The number of anilines is 2. The Morgan fingerprint density at radius 2 is 1.96 bits per heavy atom. The van der Waals surface area contributed by atoms with Gasteiger partial charge in [0.25, 0.3) is 0 Å². The van der Waals surface area contributed by atoms with Crippen LogP contribution in [0.25, 0.3) is 0 Å². The van der Waals surface area contributed by atoms with Crippen LogP contribution in [-0.2, 0) is 9.59 Å². The number of nitrogens with one attached hydrogen (secondary N) is 3. The average molecular weight is 400 g/mol. The van der Waals surface area contributed by atoms with Gasteiger partial charge in [-0.1, -0.05) is 30.0 Å². The van der Waals surface area contributed by atoms with Crippen molar-refractivity contribution in [3.05, 3.63) is 48.5 Å². The second-order valence-corrected chi connectivity index (χ2v) is 7.00. The molecule has 1 unspecified atom stereocenters. The van der Waals surface area contributed by atoms with E-state index in [4.69, 9.17) is 9.47 Å². The van der Waals surface area contributed by atoms with Crippen molar-refractivity contribution >= 4 is 40.1 Å². The third kappa shape index (κ3) is 4.95. The Morgan fingerprint density at radius 3 is 2.68 bits per heavy atom. The van der Waals surface area contributed by atoms with E-state index in [0.29, 0.717) is 22.4 Å². The Kier molecular flexibility index (Phi) is 6.38. The van der Waals surface area contributed by atoms with Crippen molar-refractivity contribution in [3.8, 4) is 11.5 Å². The normalized spacial score (nSPS) is 17.1. The third-order valence-electron chi connectivity index (χ3n) is 3.89. The molecule has 0 aliphatic carbocycles. The first kappa shape index (κ1) is 19.6. The Balaban J connectivity index is 1.58. The number of hydrogen-bond acceptors (Lipinski definition) is 7. The molecule has 0 bridgehead atoms. The number of nitrogens with zero attached hydrogens (tertiary/aromatic N) is 1. The number of hydrogen-bond donors (Lipinski definition) is 3. The van der Waals surface area contributed by atoms with Crippen LogP contribution < -0.4 is 25.5 Å². The molecule has 0 saturated carbocycles. The van der Waals surface area contributed by atoms with E-state index in [0.717, 1.165) is 5.69 Å². The fourth-order valence-electron chi connectivity index (χ4n) is 2.49. The Bertz CT molecular complexity index is 889. The van der Waals surface area contributed by atoms with E-state index in [1.165, 1.54) is 18.9 Å². The molecule has 3 rings (SSSR count). The first-order chi connectivity index (χ1) is 13.6. The van der Waals surface area contributed by atoms with Crippen molar-refractivity contribution in [2.45, 2.75) is 11.7 Å². The summed E-state index contributed by atoms with van der Waals surface area (Å²) in [6.45, 7) is 0. The largest absolute Gasteiger partial charge is 0.497 e. The zero-order valence-corrected chi connectivity index (χ0v) is 16.2. The van der Waals surface area contributed by atoms with Gasteiger partial charge in [0.05, 0.1) is 25.6 Å². The van der Waals surface area contributed by atoms with Gasteiger partial charge in [-0.05, 0) is 24.3 Å². The highest BCUT2D eigenvalue weighted by Crippen LogP contribution is 2.30. The first-order valence-electron chi connectivity index (χ1n) is 8.47. The Hall–Kier alpha value is -3.20. The minimum Gasteiger partial charge on any atom is -0.497 e. The minimum atomic E-state index is -0.555. The van der Waals surface area contributed by atoms with Crippen molar-refractivity contribution in [2.75, 3.05) is 25.0 Å². The molecule has 2 aromatic rings. The van der Waals surface area contributed by atoms with Crippen LogP contribution in [-0.4, -0.2) is 36.5 Å². The average Bonchev–Trinajstić information content (AvgIpc) is 3.06. The number of amidine groups is 1. The van der Waals surface area contributed by atoms with Crippen LogP contribution in [0.3, 0.4) is 0 Å². The predicted octanol–water partition coefficient (Wildman–Crippen LogP) is 2.65. The molecule has 28 heavy (non-hydrogen) atoms. The quantitative estimate of drug-likeness (QED) is 0.618. The van der Waals surface area contributed by atoms with Gasteiger partial charge in [-0.2, -0.15) is 0 Å². The van der Waals surface area contributed by atoms with Crippen molar-refractivity contribution in [1.82, 2.24) is 5.32 Å². The lowest BCUT2D eigenvalue weighted by Crippen LogP contribution is -2.28. The van der Waals surface area contributed by atoms with Crippen LogP contribution in [0, 0.1) is 0 Å². The van der Waals surface area contributed by atoms with E-state index in [1.807, 2.05) is 30.3 Å². The van der Waals surface area contributed by atoms with E-state index in [2.05, 4.69) is 21.2 Å². The number of thioether (sulfide) groups is 1. The number of rotatable bonds is 7. The summed E-state index contributed by atoms with van der Waals surface area (Å²) in [5.41, 5.74) is 4.18. The molecule has 2 amide bonds. The monoisotopic (exact) mass is 400 g/mol. The summed E-state index contributed by atoms with van der Waals surface area (Å²) in [7, 11) is 3.06. The molecule has 1 aliphatic rings. The standard InChI is InChI=1S/C19H20N4O4S/c1-26-13-8-9-14(15(10-13)27-2)20-17(24)11-16-18(25)21-19(28-16)23-22-12-6-4-3-5-7-12/h3-10,16,22H,11H2,1-2H3,(H,20,24)(H,21,23,25). The number of para-hydroxylation sites is 1. The topological polar surface area (TPSA) is 101 Å². The van der Waals surface area contributed by atoms with Gasteiger partial charge in [0.2, 0.25) is 11.8 Å². The van der Waals surface area contributed by atoms with Crippen molar-refractivity contribution < 1.29 is 19.1 Å². The summed E-state index contributed by atoms with van der Waals surface area (Å²) in [6.07, 6.45) is 0.00996. The number of ether oxygens (including phenoxy) is 2. The maximum Gasteiger partial charge on any atom is 0.240 e. The molecular formula is C19H20N4O4S. The number of carbonyl (C=O) groups is 2. The van der Waals surface area contributed by atoms with Crippen LogP contribution >= 0.6 is 11.8 Å². The highest BCUT2D eigenvalue weighted by atomic mass is 32.2. The molecule has 1 saturated heterocycles. The Labute approximate surface area is 166 Å². The van der Waals surface area contributed by atoms with Gasteiger partial charge >= 0.3 is 0 Å². The third-order valence-corrected chi connectivity index (χ3v) is 4.97. The molecular weight excluding hydrogens is 380 g/mol. The zero-order chi connectivity index (χ0) is 19.9. The molecule has 0 radical (unpaired) electrons. The fraction of sp³-hybridized carbons (Fsp3) is 0.211. The molecule has 1 fully saturated rings. The number of hydrazone groups is 1. The lowest BCUT2D eigenvalue weighted by Gasteiger charge is -2.12. The molecule has 0 spiro atoms. The zero-order valence-electron chi connectivity index (χ0n) is 15.4. The van der Waals surface area contributed by atoms with E-state index in [9.17, 15) is 9.59 Å². The number of amides is 2. The highest BCUT2D eigenvalue weighted by molar-refractivity contribution is 8.15. The first-order valence-corrected chi connectivity index (χ1v) is 9.35. The summed E-state index contributed by atoms with van der Waals surface area (Å²) in [6, 6.07) is 14.5. The van der Waals surface area contributed by atoms with E-state index in [1.54, 1.807) is 25.3 Å². The lowest BCUT2D eigenvalue weighted by atomic mass is 10.2. The summed E-state index contributed by atoms with van der Waals surface area (Å²) in [5, 5.41) is 9.47. The van der Waals surface area contributed by atoms with Crippen LogP contribution in [0.2, 0.25) is 0 Å². The summed E-state index contributed by atoms with van der Waals surface area (Å²) in [4.78, 5) is 24.5. The number of benzene rings is 2. The maximum atomic E-state index is 12.4. The molecule has 1 atom stereocenters. The van der Waals surface area contributed by atoms with Gasteiger partial charge in [-0.25, -0.2) is 0 Å². The Morgan fingerprint density at radius 1 is 1.18 bits per heavy atom. The molecule has 9 heteroatoms. The van der Waals surface area contributed by atoms with Crippen molar-refractivity contribution in [2.24, 2.45) is 5.10 Å². The van der Waals surface area contributed by atoms with Gasteiger partial charge in [0.1, 0.15) is 16.7 Å². The SMILES string of the molecule is COc1ccc(NC(=O)CC2S/C(=N\Nc3ccccc3)NC2=O)c(OC)c1. The molecule has 8 nitrogen and oxygen atoms in total. The summed E-state index contributed by atoms with van der Waals surface area (Å²) < 4.78 is 10.4. The molecule has 0 aromatic heterocycles. The molecule has 1 heterocycles. The lowest BCUT2D eigenvalue weighted by molar-refractivity contribution is -0.122. The molecule has 2 aromatic carbocycles. The molecule has 146 valence electrons. The van der Waals surface area contributed by atoms with Crippen LogP contribution in [0.5, 0.6) is 11.5 Å². The van der Waals surface area contributed by atoms with Gasteiger partial charge in [0.15, 0.2) is 5.17 Å². The van der Waals surface area contributed by atoms with Crippen LogP contribution in [0.1, 0.15) is 6.42 Å². The summed E-state index contributed by atoms with van der Waals surface area (Å²) in [5.74, 6) is 0.543. The second kappa shape index (κ2) is 9.14. The highest BCUT2D eigenvalue weighted by Gasteiger charge is 2.32. The number of methoxy groups -OCH3 is 2. The molecule has 3 N–H and O–H groups in total. The van der Waals surface area contributed by atoms with Crippen molar-refractivity contribution in [3.63, 3.8) is 0 Å². The van der Waals surface area contributed by atoms with Gasteiger partial charge in [-0.3, -0.25) is 15.0 Å². The smallest absolute Gasteiger partial charge is 0.240 e. The maximum absolute atomic E-state index is 12.4. The van der Waals surface area contributed by atoms with Crippen LogP contribution in [0.15, 0.2) is 53.6 Å².